The molecule has 0 aromatic heterocycles. The van der Waals surface area contributed by atoms with E-state index in [0.29, 0.717) is 25.9 Å². The molecule has 1 fully saturated rings. The number of hydrogen-bond acceptors (Lipinski definition) is 3. The molecule has 2 amide bonds. The van der Waals surface area contributed by atoms with Gasteiger partial charge in [-0.3, -0.25) is 9.59 Å². The summed E-state index contributed by atoms with van der Waals surface area (Å²) in [4.78, 5) is 24.8. The summed E-state index contributed by atoms with van der Waals surface area (Å²) >= 11 is 0. The number of nitrogens with zero attached hydrogens (tertiary/aromatic N) is 1. The SMILES string of the molecule is NC(=O)C1CCN(C(=O)/C=C/c2ccc(O)cc2)CC1. The van der Waals surface area contributed by atoms with Crippen LogP contribution in [0.15, 0.2) is 30.3 Å². The van der Waals surface area contributed by atoms with Crippen LogP contribution < -0.4 is 5.73 Å². The molecule has 20 heavy (non-hydrogen) atoms. The number of carbonyl (C=O) groups is 2. The number of hydrogen-bond donors (Lipinski definition) is 2. The van der Waals surface area contributed by atoms with Gasteiger partial charge in [0, 0.05) is 25.1 Å². The van der Waals surface area contributed by atoms with Crippen molar-refractivity contribution < 1.29 is 14.7 Å². The minimum atomic E-state index is -0.281. The van der Waals surface area contributed by atoms with Crippen LogP contribution in [-0.4, -0.2) is 34.9 Å². The third-order valence-corrected chi connectivity index (χ3v) is 3.52. The Morgan fingerprint density at radius 1 is 1.20 bits per heavy atom. The summed E-state index contributed by atoms with van der Waals surface area (Å²) in [5.41, 5.74) is 6.11. The van der Waals surface area contributed by atoms with Gasteiger partial charge < -0.3 is 15.7 Å². The number of benzene rings is 1. The summed E-state index contributed by atoms with van der Waals surface area (Å²) in [6.45, 7) is 1.12. The van der Waals surface area contributed by atoms with Crippen LogP contribution in [0.4, 0.5) is 0 Å². The molecule has 0 radical (unpaired) electrons. The number of likely N-dealkylation sites (tertiary alicyclic amines) is 1. The number of aromatic hydroxyl groups is 1. The van der Waals surface area contributed by atoms with Gasteiger partial charge in [-0.1, -0.05) is 12.1 Å². The number of rotatable bonds is 3. The number of nitrogens with two attached hydrogens (primary N) is 1. The third-order valence-electron chi connectivity index (χ3n) is 3.52. The van der Waals surface area contributed by atoms with E-state index in [1.165, 1.54) is 6.08 Å². The third kappa shape index (κ3) is 3.60. The van der Waals surface area contributed by atoms with E-state index in [-0.39, 0.29) is 23.5 Å². The quantitative estimate of drug-likeness (QED) is 0.810. The van der Waals surface area contributed by atoms with E-state index in [1.54, 1.807) is 35.2 Å². The highest BCUT2D eigenvalue weighted by Crippen LogP contribution is 2.17. The smallest absolute Gasteiger partial charge is 0.246 e. The van der Waals surface area contributed by atoms with Gasteiger partial charge in [0.15, 0.2) is 0 Å². The second-order valence-electron chi connectivity index (χ2n) is 4.93. The highest BCUT2D eigenvalue weighted by Gasteiger charge is 2.24. The van der Waals surface area contributed by atoms with Crippen molar-refractivity contribution in [2.75, 3.05) is 13.1 Å². The summed E-state index contributed by atoms with van der Waals surface area (Å²) in [5.74, 6) is -0.264. The summed E-state index contributed by atoms with van der Waals surface area (Å²) in [6.07, 6.45) is 4.49. The minimum Gasteiger partial charge on any atom is -0.508 e. The molecule has 0 spiro atoms. The molecule has 1 aliphatic heterocycles. The molecule has 3 N–H and O–H groups in total. The van der Waals surface area contributed by atoms with Crippen LogP contribution in [0.2, 0.25) is 0 Å². The zero-order chi connectivity index (χ0) is 14.5. The molecule has 2 rings (SSSR count). The molecule has 0 saturated carbocycles. The predicted molar refractivity (Wildman–Crippen MR) is 75.6 cm³/mol. The molecule has 1 aliphatic rings. The van der Waals surface area contributed by atoms with Crippen molar-refractivity contribution in [2.45, 2.75) is 12.8 Å². The van der Waals surface area contributed by atoms with Gasteiger partial charge >= 0.3 is 0 Å². The maximum absolute atomic E-state index is 12.0. The average molecular weight is 274 g/mol. The van der Waals surface area contributed by atoms with Gasteiger partial charge in [0.25, 0.3) is 0 Å². The van der Waals surface area contributed by atoms with Crippen molar-refractivity contribution in [3.8, 4) is 5.75 Å². The Bertz CT molecular complexity index is 514. The van der Waals surface area contributed by atoms with E-state index < -0.39 is 0 Å². The van der Waals surface area contributed by atoms with Gasteiger partial charge in [0.05, 0.1) is 0 Å². The van der Waals surface area contributed by atoms with Crippen molar-refractivity contribution in [2.24, 2.45) is 11.7 Å². The lowest BCUT2D eigenvalue weighted by molar-refractivity contribution is -0.130. The molecule has 106 valence electrons. The Labute approximate surface area is 117 Å². The highest BCUT2D eigenvalue weighted by atomic mass is 16.3. The zero-order valence-electron chi connectivity index (χ0n) is 11.2. The van der Waals surface area contributed by atoms with Crippen LogP contribution in [0.25, 0.3) is 6.08 Å². The normalized spacial score (nSPS) is 16.5. The monoisotopic (exact) mass is 274 g/mol. The van der Waals surface area contributed by atoms with Crippen molar-refractivity contribution in [1.29, 1.82) is 0 Å². The zero-order valence-corrected chi connectivity index (χ0v) is 11.2. The topological polar surface area (TPSA) is 83.6 Å². The summed E-state index contributed by atoms with van der Waals surface area (Å²) in [6, 6.07) is 6.61. The molecule has 1 heterocycles. The van der Waals surface area contributed by atoms with E-state index in [0.717, 1.165) is 5.56 Å². The molecular weight excluding hydrogens is 256 g/mol. The molecule has 1 saturated heterocycles. The second kappa shape index (κ2) is 6.23. The van der Waals surface area contributed by atoms with E-state index in [9.17, 15) is 14.7 Å². The molecule has 1 aromatic carbocycles. The maximum Gasteiger partial charge on any atom is 0.246 e. The lowest BCUT2D eigenvalue weighted by Crippen LogP contribution is -2.41. The lowest BCUT2D eigenvalue weighted by atomic mass is 9.96. The van der Waals surface area contributed by atoms with Crippen LogP contribution >= 0.6 is 0 Å². The fraction of sp³-hybridized carbons (Fsp3) is 0.333. The van der Waals surface area contributed by atoms with Crippen LogP contribution in [0.1, 0.15) is 18.4 Å². The standard InChI is InChI=1S/C15H18N2O3/c16-15(20)12-7-9-17(10-8-12)14(19)6-3-11-1-4-13(18)5-2-11/h1-6,12,18H,7-10H2,(H2,16,20)/b6-3+. The Morgan fingerprint density at radius 3 is 2.35 bits per heavy atom. The van der Waals surface area contributed by atoms with Crippen LogP contribution in [0.3, 0.4) is 0 Å². The fourth-order valence-corrected chi connectivity index (χ4v) is 2.24. The Balaban J connectivity index is 1.89. The molecular formula is C15H18N2O3. The molecule has 1 aromatic rings. The van der Waals surface area contributed by atoms with E-state index in [2.05, 4.69) is 0 Å². The predicted octanol–water partition coefficient (Wildman–Crippen LogP) is 1.13. The van der Waals surface area contributed by atoms with E-state index in [4.69, 9.17) is 5.73 Å². The molecule has 0 atom stereocenters. The first kappa shape index (κ1) is 14.1. The van der Waals surface area contributed by atoms with Crippen LogP contribution in [0, 0.1) is 5.92 Å². The van der Waals surface area contributed by atoms with Crippen molar-refractivity contribution in [1.82, 2.24) is 4.90 Å². The Hall–Kier alpha value is -2.30. The lowest BCUT2D eigenvalue weighted by Gasteiger charge is -2.29. The Morgan fingerprint density at radius 2 is 1.80 bits per heavy atom. The first-order valence-corrected chi connectivity index (χ1v) is 6.61. The first-order chi connectivity index (χ1) is 9.56. The Kier molecular flexibility index (Phi) is 4.40. The van der Waals surface area contributed by atoms with Gasteiger partial charge in [-0.2, -0.15) is 0 Å². The van der Waals surface area contributed by atoms with Gasteiger partial charge in [0.1, 0.15) is 5.75 Å². The van der Waals surface area contributed by atoms with E-state index >= 15 is 0 Å². The molecule has 0 bridgehead atoms. The van der Waals surface area contributed by atoms with Gasteiger partial charge in [-0.05, 0) is 36.6 Å². The van der Waals surface area contributed by atoms with Gasteiger partial charge in [-0.15, -0.1) is 0 Å². The van der Waals surface area contributed by atoms with Gasteiger partial charge in [0.2, 0.25) is 11.8 Å². The number of primary amides is 1. The number of carbonyl (C=O) groups excluding carboxylic acids is 2. The summed E-state index contributed by atoms with van der Waals surface area (Å²) in [7, 11) is 0. The largest absolute Gasteiger partial charge is 0.508 e. The molecule has 0 aliphatic carbocycles. The summed E-state index contributed by atoms with van der Waals surface area (Å²) < 4.78 is 0. The highest BCUT2D eigenvalue weighted by molar-refractivity contribution is 5.92. The van der Waals surface area contributed by atoms with E-state index in [1.807, 2.05) is 0 Å². The van der Waals surface area contributed by atoms with Crippen LogP contribution in [0.5, 0.6) is 5.75 Å². The molecule has 5 heteroatoms. The van der Waals surface area contributed by atoms with Crippen molar-refractivity contribution in [3.05, 3.63) is 35.9 Å². The molecule has 5 nitrogen and oxygen atoms in total. The fourth-order valence-electron chi connectivity index (χ4n) is 2.24. The second-order valence-corrected chi connectivity index (χ2v) is 4.93. The van der Waals surface area contributed by atoms with Crippen molar-refractivity contribution >= 4 is 17.9 Å². The maximum atomic E-state index is 12.0. The number of amides is 2. The number of phenols is 1. The van der Waals surface area contributed by atoms with Crippen molar-refractivity contribution in [3.63, 3.8) is 0 Å². The number of piperidine rings is 1. The molecule has 0 unspecified atom stereocenters. The number of phenolic OH excluding ortho intramolecular Hbond substituents is 1. The van der Waals surface area contributed by atoms with Crippen LogP contribution in [-0.2, 0) is 9.59 Å². The summed E-state index contributed by atoms with van der Waals surface area (Å²) in [5, 5.41) is 9.17. The first-order valence-electron chi connectivity index (χ1n) is 6.61. The van der Waals surface area contributed by atoms with Gasteiger partial charge in [-0.25, -0.2) is 0 Å². The average Bonchev–Trinajstić information content (AvgIpc) is 2.46. The minimum absolute atomic E-state index is 0.0685.